The first-order chi connectivity index (χ1) is 15.3. The molecule has 1 aliphatic heterocycles. The van der Waals surface area contributed by atoms with Gasteiger partial charge in [-0.1, -0.05) is 19.3 Å². The van der Waals surface area contributed by atoms with Gasteiger partial charge in [0.1, 0.15) is 11.2 Å². The molecule has 34 heavy (non-hydrogen) atoms. The first-order valence-corrected chi connectivity index (χ1v) is 10.6. The Morgan fingerprint density at radius 3 is 2.50 bits per heavy atom. The van der Waals surface area contributed by atoms with Crippen LogP contribution in [0.25, 0.3) is 11.6 Å². The molecule has 0 saturated heterocycles. The summed E-state index contributed by atoms with van der Waals surface area (Å²) in [5.74, 6) is -1.21. The molecule has 0 aliphatic carbocycles. The quantitative estimate of drug-likeness (QED) is 0.562. The molecule has 182 valence electrons. The summed E-state index contributed by atoms with van der Waals surface area (Å²) in [5, 5.41) is 22.2. The van der Waals surface area contributed by atoms with Crippen molar-refractivity contribution in [3.05, 3.63) is 17.5 Å². The first-order valence-electron chi connectivity index (χ1n) is 10.6. The number of anilines is 1. The van der Waals surface area contributed by atoms with E-state index in [1.165, 1.54) is 0 Å². The minimum absolute atomic E-state index is 0. The van der Waals surface area contributed by atoms with Crippen LogP contribution in [0.4, 0.5) is 23.7 Å². The van der Waals surface area contributed by atoms with Crippen LogP contribution in [0.2, 0.25) is 0 Å². The van der Waals surface area contributed by atoms with E-state index >= 15 is 0 Å². The Morgan fingerprint density at radius 2 is 1.85 bits per heavy atom. The molecular formula is C21H26F3N4O5Rb. The maximum atomic E-state index is 13.8. The monoisotopic (exact) mass is 556 g/mol. The number of rotatable bonds is 1. The van der Waals surface area contributed by atoms with Crippen molar-refractivity contribution < 1.29 is 95.2 Å². The van der Waals surface area contributed by atoms with Crippen molar-refractivity contribution >= 4 is 11.8 Å². The molecule has 3 rings (SSSR count). The van der Waals surface area contributed by atoms with Crippen molar-refractivity contribution in [1.82, 2.24) is 15.2 Å². The van der Waals surface area contributed by atoms with Gasteiger partial charge >= 0.3 is 70.5 Å². The molecule has 2 atom stereocenters. The van der Waals surface area contributed by atoms with Crippen molar-refractivity contribution in [2.45, 2.75) is 83.8 Å². The van der Waals surface area contributed by atoms with Gasteiger partial charge in [0.2, 0.25) is 11.8 Å². The molecular weight excluding hydrogens is 531 g/mol. The molecule has 0 radical (unpaired) electrons. The molecule has 1 amide bonds. The molecule has 0 fully saturated rings. The predicted molar refractivity (Wildman–Crippen MR) is 108 cm³/mol. The van der Waals surface area contributed by atoms with E-state index in [0.717, 1.165) is 0 Å². The van der Waals surface area contributed by atoms with Gasteiger partial charge in [0.25, 0.3) is 5.89 Å². The summed E-state index contributed by atoms with van der Waals surface area (Å²) in [4.78, 5) is 16.3. The molecule has 0 aromatic carbocycles. The normalized spacial score (nSPS) is 19.3. The molecule has 2 aromatic heterocycles. The summed E-state index contributed by atoms with van der Waals surface area (Å²) in [5.41, 5.74) is -2.72. The van der Waals surface area contributed by atoms with E-state index in [0.29, 0.717) is 31.7 Å². The second kappa shape index (κ2) is 11.8. The number of hydrogen-bond donors (Lipinski definition) is 1. The number of amides is 1. The number of nitrogens with one attached hydrogen (secondary N) is 1. The van der Waals surface area contributed by atoms with E-state index < -0.39 is 41.5 Å². The van der Waals surface area contributed by atoms with Crippen LogP contribution in [-0.4, -0.2) is 33.0 Å². The van der Waals surface area contributed by atoms with Crippen molar-refractivity contribution in [3.63, 3.8) is 0 Å². The zero-order chi connectivity index (χ0) is 24.4. The summed E-state index contributed by atoms with van der Waals surface area (Å²) < 4.78 is 57.6. The Bertz CT molecular complexity index is 994. The van der Waals surface area contributed by atoms with E-state index in [4.69, 9.17) is 13.9 Å². The molecule has 1 unspecified atom stereocenters. The van der Waals surface area contributed by atoms with E-state index in [-0.39, 0.29) is 87.8 Å². The number of ether oxygens (including phenoxy) is 2. The summed E-state index contributed by atoms with van der Waals surface area (Å²) in [6, 6.07) is 0.679. The van der Waals surface area contributed by atoms with Gasteiger partial charge in [-0.3, -0.25) is 5.32 Å². The van der Waals surface area contributed by atoms with E-state index in [9.17, 15) is 23.1 Å². The van der Waals surface area contributed by atoms with Crippen LogP contribution < -0.4 is 73.3 Å². The van der Waals surface area contributed by atoms with Gasteiger partial charge in [-0.2, -0.15) is 13.2 Å². The standard InChI is InChI=1S/C21H26F3N4O5.Rb/c1-11-8-6-5-7-9-14(29)17-27-28-18(32-17)15-13(25-19(30)33-20(2,3)4)10-12(21(22,23)24)16(26-15)31-11;/h10-11,14H,5-9H2,1-4H3,(H,25,30);/q-1;+1/t11-,14?;/m1./s1. The number of nitrogens with zero attached hydrogens (tertiary/aromatic N) is 3. The molecule has 4 bridgehead atoms. The van der Waals surface area contributed by atoms with Crippen molar-refractivity contribution in [1.29, 1.82) is 0 Å². The molecule has 1 aliphatic rings. The Labute approximate surface area is 244 Å². The van der Waals surface area contributed by atoms with Gasteiger partial charge in [0.05, 0.1) is 11.8 Å². The smallest absolute Gasteiger partial charge is 0.845 e. The summed E-state index contributed by atoms with van der Waals surface area (Å²) >= 11 is 0. The van der Waals surface area contributed by atoms with Crippen LogP contribution in [0.3, 0.4) is 0 Å². The number of carbonyl (C=O) groups is 1. The Kier molecular flexibility index (Phi) is 10.1. The average molecular weight is 557 g/mol. The van der Waals surface area contributed by atoms with Crippen LogP contribution in [-0.2, 0) is 10.9 Å². The zero-order valence-electron chi connectivity index (χ0n) is 19.8. The number of alkyl halides is 3. The number of pyridine rings is 1. The van der Waals surface area contributed by atoms with Crippen molar-refractivity contribution in [2.75, 3.05) is 5.32 Å². The van der Waals surface area contributed by atoms with E-state index in [1.807, 2.05) is 0 Å². The zero-order valence-corrected chi connectivity index (χ0v) is 24.7. The van der Waals surface area contributed by atoms with Crippen LogP contribution in [0.15, 0.2) is 10.5 Å². The third-order valence-corrected chi connectivity index (χ3v) is 4.74. The fourth-order valence-corrected chi connectivity index (χ4v) is 3.23. The molecule has 0 saturated carbocycles. The predicted octanol–water partition coefficient (Wildman–Crippen LogP) is 1.63. The molecule has 2 aromatic rings. The van der Waals surface area contributed by atoms with Gasteiger partial charge < -0.3 is 19.0 Å². The molecule has 1 N–H and O–H groups in total. The first kappa shape index (κ1) is 29.1. The number of halogens is 3. The topological polar surface area (TPSA) is 122 Å². The molecule has 9 nitrogen and oxygen atoms in total. The van der Waals surface area contributed by atoms with Gasteiger partial charge in [-0.05, 0) is 52.7 Å². The van der Waals surface area contributed by atoms with Gasteiger partial charge in [0, 0.05) is 0 Å². The fourth-order valence-electron chi connectivity index (χ4n) is 3.23. The Morgan fingerprint density at radius 1 is 1.18 bits per heavy atom. The SMILES string of the molecule is C[C@@H]1CCCCCC([O-])c2nnc(o2)-c2nc(c(C(F)(F)F)cc2NC(=O)OC(C)(C)C)O1.[Rb+]. The maximum Gasteiger partial charge on any atom is 1.00 e. The van der Waals surface area contributed by atoms with Gasteiger partial charge in [-0.25, -0.2) is 9.78 Å². The van der Waals surface area contributed by atoms with Crippen LogP contribution in [0, 0.1) is 0 Å². The molecule has 13 heteroatoms. The maximum absolute atomic E-state index is 13.8. The average Bonchev–Trinajstić information content (AvgIpc) is 3.15. The number of fused-ring (bicyclic) bond motifs is 5. The minimum Gasteiger partial charge on any atom is -0.845 e. The molecule has 3 heterocycles. The van der Waals surface area contributed by atoms with E-state index in [1.54, 1.807) is 27.7 Å². The Hall–Kier alpha value is -1.08. The van der Waals surface area contributed by atoms with Crippen molar-refractivity contribution in [3.8, 4) is 17.5 Å². The van der Waals surface area contributed by atoms with E-state index in [2.05, 4.69) is 20.5 Å². The fraction of sp³-hybridized carbons (Fsp3) is 0.619. The summed E-state index contributed by atoms with van der Waals surface area (Å²) in [6.45, 7) is 6.46. The third-order valence-electron chi connectivity index (χ3n) is 4.74. The van der Waals surface area contributed by atoms with Crippen LogP contribution in [0.1, 0.15) is 77.4 Å². The number of aromatic nitrogens is 3. The second-order valence-corrected chi connectivity index (χ2v) is 8.86. The minimum atomic E-state index is -4.82. The molecule has 0 spiro atoms. The van der Waals surface area contributed by atoms with Crippen molar-refractivity contribution in [2.24, 2.45) is 0 Å². The van der Waals surface area contributed by atoms with Crippen LogP contribution in [0.5, 0.6) is 5.88 Å². The number of carbonyl (C=O) groups excluding carboxylic acids is 1. The third kappa shape index (κ3) is 7.97. The van der Waals surface area contributed by atoms with Gasteiger partial charge in [0.15, 0.2) is 5.69 Å². The Balaban J connectivity index is 0.00000408. The summed E-state index contributed by atoms with van der Waals surface area (Å²) in [7, 11) is 0. The largest absolute Gasteiger partial charge is 1.00 e. The van der Waals surface area contributed by atoms with Crippen LogP contribution >= 0.6 is 0 Å². The summed E-state index contributed by atoms with van der Waals surface area (Å²) in [6.07, 6.45) is -4.96. The van der Waals surface area contributed by atoms with Gasteiger partial charge in [-0.15, -0.1) is 10.2 Å². The second-order valence-electron chi connectivity index (χ2n) is 8.86. The number of hydrogen-bond acceptors (Lipinski definition) is 8.